The molecule has 0 bridgehead atoms. The van der Waals surface area contributed by atoms with Gasteiger partial charge in [0.15, 0.2) is 0 Å². The average molecular weight is 276 g/mol. The van der Waals surface area contributed by atoms with Gasteiger partial charge in [-0.2, -0.15) is 0 Å². The van der Waals surface area contributed by atoms with E-state index in [0.717, 1.165) is 48.8 Å². The van der Waals surface area contributed by atoms with Crippen LogP contribution < -0.4 is 0 Å². The molecule has 0 saturated carbocycles. The molecular formula is C15H24N4O. The molecule has 110 valence electrons. The summed E-state index contributed by atoms with van der Waals surface area (Å²) in [5, 5.41) is 9.15. The van der Waals surface area contributed by atoms with E-state index in [4.69, 9.17) is 5.11 Å². The Kier molecular flexibility index (Phi) is 5.09. The number of aromatic nitrogens is 3. The molecule has 20 heavy (non-hydrogen) atoms. The van der Waals surface area contributed by atoms with Crippen molar-refractivity contribution in [2.75, 3.05) is 19.7 Å². The Hall–Kier alpha value is -1.46. The number of aryl methyl sites for hydroxylation is 2. The molecule has 0 saturated heterocycles. The maximum atomic E-state index is 9.15. The van der Waals surface area contributed by atoms with Gasteiger partial charge in [0.05, 0.1) is 12.3 Å². The Labute approximate surface area is 120 Å². The largest absolute Gasteiger partial charge is 0.395 e. The summed E-state index contributed by atoms with van der Waals surface area (Å²) in [7, 11) is 0. The van der Waals surface area contributed by atoms with Crippen LogP contribution in [0.25, 0.3) is 5.78 Å². The molecule has 5 nitrogen and oxygen atoms in total. The zero-order valence-electron chi connectivity index (χ0n) is 12.6. The molecule has 0 aliphatic carbocycles. The number of imidazole rings is 1. The molecule has 2 aromatic heterocycles. The highest BCUT2D eigenvalue weighted by molar-refractivity contribution is 5.34. The lowest BCUT2D eigenvalue weighted by molar-refractivity contribution is 0.187. The van der Waals surface area contributed by atoms with Crippen LogP contribution in [0.15, 0.2) is 12.3 Å². The second-order valence-electron chi connectivity index (χ2n) is 5.29. The van der Waals surface area contributed by atoms with Crippen LogP contribution in [0.2, 0.25) is 0 Å². The number of rotatable bonds is 7. The van der Waals surface area contributed by atoms with E-state index in [0.29, 0.717) is 6.54 Å². The number of hydrogen-bond acceptors (Lipinski definition) is 4. The molecule has 0 atom stereocenters. The molecule has 0 aromatic carbocycles. The van der Waals surface area contributed by atoms with Gasteiger partial charge in [0.25, 0.3) is 0 Å². The van der Waals surface area contributed by atoms with Crippen LogP contribution in [-0.4, -0.2) is 44.1 Å². The van der Waals surface area contributed by atoms with Gasteiger partial charge in [0.1, 0.15) is 0 Å². The molecule has 0 fully saturated rings. The van der Waals surface area contributed by atoms with Gasteiger partial charge in [0.2, 0.25) is 5.78 Å². The van der Waals surface area contributed by atoms with E-state index in [1.807, 2.05) is 17.5 Å². The first-order valence-electron chi connectivity index (χ1n) is 7.29. The fourth-order valence-electron chi connectivity index (χ4n) is 2.42. The average Bonchev–Trinajstić information content (AvgIpc) is 2.79. The summed E-state index contributed by atoms with van der Waals surface area (Å²) in [5.41, 5.74) is 3.15. The van der Waals surface area contributed by atoms with Gasteiger partial charge in [0, 0.05) is 30.7 Å². The fraction of sp³-hybridized carbons (Fsp3) is 0.600. The molecule has 2 rings (SSSR count). The minimum atomic E-state index is 0.188. The second kappa shape index (κ2) is 6.81. The van der Waals surface area contributed by atoms with E-state index in [9.17, 15) is 0 Å². The standard InChI is InChI=1S/C15H24N4O/c1-4-5-6-18(7-8-20)10-14-11-19-13(3)9-12(2)16-15(19)17-14/h9,11,20H,4-8,10H2,1-3H3. The summed E-state index contributed by atoms with van der Waals surface area (Å²) >= 11 is 0. The van der Waals surface area contributed by atoms with Gasteiger partial charge < -0.3 is 5.11 Å². The summed E-state index contributed by atoms with van der Waals surface area (Å²) in [6.07, 6.45) is 4.35. The third-order valence-corrected chi connectivity index (χ3v) is 3.44. The first-order chi connectivity index (χ1) is 9.63. The topological polar surface area (TPSA) is 53.7 Å². The van der Waals surface area contributed by atoms with Crippen molar-refractivity contribution < 1.29 is 5.11 Å². The van der Waals surface area contributed by atoms with Crippen LogP contribution in [0.5, 0.6) is 0 Å². The lowest BCUT2D eigenvalue weighted by Gasteiger charge is -2.19. The molecule has 2 heterocycles. The minimum absolute atomic E-state index is 0.188. The molecule has 0 aliphatic heterocycles. The second-order valence-corrected chi connectivity index (χ2v) is 5.29. The van der Waals surface area contributed by atoms with Crippen molar-refractivity contribution in [3.8, 4) is 0 Å². The van der Waals surface area contributed by atoms with E-state index in [2.05, 4.69) is 34.8 Å². The van der Waals surface area contributed by atoms with E-state index in [1.165, 1.54) is 0 Å². The van der Waals surface area contributed by atoms with Crippen molar-refractivity contribution in [1.29, 1.82) is 0 Å². The van der Waals surface area contributed by atoms with Gasteiger partial charge in [-0.3, -0.25) is 9.30 Å². The number of hydrogen-bond donors (Lipinski definition) is 1. The third-order valence-electron chi connectivity index (χ3n) is 3.44. The van der Waals surface area contributed by atoms with Gasteiger partial charge in [-0.1, -0.05) is 13.3 Å². The SMILES string of the molecule is CCCCN(CCO)Cc1cn2c(C)cc(C)nc2n1. The van der Waals surface area contributed by atoms with Gasteiger partial charge in [-0.15, -0.1) is 0 Å². The number of nitrogens with zero attached hydrogens (tertiary/aromatic N) is 4. The summed E-state index contributed by atoms with van der Waals surface area (Å²) in [6, 6.07) is 2.06. The Balaban J connectivity index is 2.17. The minimum Gasteiger partial charge on any atom is -0.395 e. The molecular weight excluding hydrogens is 252 g/mol. The molecule has 0 amide bonds. The number of unbranched alkanes of at least 4 members (excludes halogenated alkanes) is 1. The van der Waals surface area contributed by atoms with Gasteiger partial charge in [-0.25, -0.2) is 9.97 Å². The maximum Gasteiger partial charge on any atom is 0.234 e. The summed E-state index contributed by atoms with van der Waals surface area (Å²) in [5.74, 6) is 0.761. The number of fused-ring (bicyclic) bond motifs is 1. The molecule has 1 N–H and O–H groups in total. The molecule has 0 unspecified atom stereocenters. The third kappa shape index (κ3) is 3.55. The molecule has 5 heteroatoms. The predicted octanol–water partition coefficient (Wildman–Crippen LogP) is 1.94. The van der Waals surface area contributed by atoms with Crippen LogP contribution in [0.4, 0.5) is 0 Å². The zero-order valence-corrected chi connectivity index (χ0v) is 12.6. The van der Waals surface area contributed by atoms with Crippen molar-refractivity contribution in [2.24, 2.45) is 0 Å². The monoisotopic (exact) mass is 276 g/mol. The Morgan fingerprint density at radius 3 is 2.75 bits per heavy atom. The fourth-order valence-corrected chi connectivity index (χ4v) is 2.42. The van der Waals surface area contributed by atoms with Crippen LogP contribution in [0.1, 0.15) is 36.8 Å². The van der Waals surface area contributed by atoms with Crippen molar-refractivity contribution in [3.63, 3.8) is 0 Å². The van der Waals surface area contributed by atoms with Crippen LogP contribution in [-0.2, 0) is 6.54 Å². The van der Waals surface area contributed by atoms with Crippen molar-refractivity contribution in [2.45, 2.75) is 40.2 Å². The normalized spacial score (nSPS) is 11.7. The van der Waals surface area contributed by atoms with Crippen LogP contribution >= 0.6 is 0 Å². The van der Waals surface area contributed by atoms with E-state index < -0.39 is 0 Å². The highest BCUT2D eigenvalue weighted by atomic mass is 16.3. The highest BCUT2D eigenvalue weighted by Crippen LogP contribution is 2.10. The Bertz CT molecular complexity index is 564. The number of aliphatic hydroxyl groups excluding tert-OH is 1. The van der Waals surface area contributed by atoms with E-state index in [-0.39, 0.29) is 6.61 Å². The van der Waals surface area contributed by atoms with Gasteiger partial charge in [-0.05, 0) is 32.9 Å². The summed E-state index contributed by atoms with van der Waals surface area (Å²) in [4.78, 5) is 11.3. The molecule has 2 aromatic rings. The van der Waals surface area contributed by atoms with Crippen LogP contribution in [0, 0.1) is 13.8 Å². The smallest absolute Gasteiger partial charge is 0.234 e. The van der Waals surface area contributed by atoms with Gasteiger partial charge >= 0.3 is 0 Å². The Morgan fingerprint density at radius 2 is 2.05 bits per heavy atom. The summed E-state index contributed by atoms with van der Waals surface area (Å²) < 4.78 is 2.03. The van der Waals surface area contributed by atoms with Crippen molar-refractivity contribution in [3.05, 3.63) is 29.3 Å². The first-order valence-corrected chi connectivity index (χ1v) is 7.29. The lowest BCUT2D eigenvalue weighted by atomic mass is 10.3. The molecule has 0 aliphatic rings. The van der Waals surface area contributed by atoms with Crippen molar-refractivity contribution in [1.82, 2.24) is 19.3 Å². The van der Waals surface area contributed by atoms with E-state index >= 15 is 0 Å². The van der Waals surface area contributed by atoms with Crippen molar-refractivity contribution >= 4 is 5.78 Å². The highest BCUT2D eigenvalue weighted by Gasteiger charge is 2.10. The Morgan fingerprint density at radius 1 is 1.25 bits per heavy atom. The summed E-state index contributed by atoms with van der Waals surface area (Å²) in [6.45, 7) is 8.88. The predicted molar refractivity (Wildman–Crippen MR) is 79.7 cm³/mol. The number of aliphatic hydroxyl groups is 1. The maximum absolute atomic E-state index is 9.15. The quantitative estimate of drug-likeness (QED) is 0.839. The first kappa shape index (κ1) is 14.9. The van der Waals surface area contributed by atoms with Crippen LogP contribution in [0.3, 0.4) is 0 Å². The lowest BCUT2D eigenvalue weighted by Crippen LogP contribution is -2.27. The van der Waals surface area contributed by atoms with E-state index in [1.54, 1.807) is 0 Å². The molecule has 0 spiro atoms. The molecule has 0 radical (unpaired) electrons. The zero-order chi connectivity index (χ0) is 14.5.